The van der Waals surface area contributed by atoms with Gasteiger partial charge in [0.2, 0.25) is 0 Å². The van der Waals surface area contributed by atoms with Crippen molar-refractivity contribution in [3.8, 4) is 34.1 Å². The van der Waals surface area contributed by atoms with Gasteiger partial charge in [0.1, 0.15) is 40.5 Å². The molecule has 6 aromatic rings. The Morgan fingerprint density at radius 1 is 0.667 bits per heavy atom. The summed E-state index contributed by atoms with van der Waals surface area (Å²) in [6.45, 7) is 3.66. The third-order valence-corrected chi connectivity index (χ3v) is 11.2. The Morgan fingerprint density at radius 2 is 1.15 bits per heavy atom. The van der Waals surface area contributed by atoms with Crippen molar-refractivity contribution in [3.05, 3.63) is 108 Å². The second kappa shape index (κ2) is 16.4. The first-order valence-electron chi connectivity index (χ1n) is 19.4. The molecule has 1 aliphatic heterocycles. The van der Waals surface area contributed by atoms with Crippen LogP contribution in [-0.2, 0) is 11.3 Å². The lowest BCUT2D eigenvalue weighted by Gasteiger charge is -2.36. The number of fused-ring (bicyclic) bond motifs is 2. The minimum atomic E-state index is -0.696. The van der Waals surface area contributed by atoms with E-state index in [1.165, 1.54) is 56.9 Å². The summed E-state index contributed by atoms with van der Waals surface area (Å²) in [7, 11) is 0. The lowest BCUT2D eigenvalue weighted by molar-refractivity contribution is -0.147. The highest BCUT2D eigenvalue weighted by atomic mass is 16.5. The largest absolute Gasteiger partial charge is 0.493 e. The van der Waals surface area contributed by atoms with Crippen molar-refractivity contribution >= 4 is 34.2 Å². The normalized spacial score (nSPS) is 16.7. The number of ether oxygens (including phenoxy) is 2. The number of carbonyl (C=O) groups excluding carboxylic acids is 1. The monoisotopic (exact) mass is 725 g/mol. The predicted octanol–water partition coefficient (Wildman–Crippen LogP) is 10.7. The molecular formula is C46H47NO7. The Morgan fingerprint density at radius 3 is 1.61 bits per heavy atom. The number of carboxylic acids is 1. The van der Waals surface area contributed by atoms with Crippen LogP contribution in [-0.4, -0.2) is 48.6 Å². The van der Waals surface area contributed by atoms with Gasteiger partial charge in [-0.3, -0.25) is 14.5 Å². The van der Waals surface area contributed by atoms with E-state index in [0.29, 0.717) is 30.5 Å². The van der Waals surface area contributed by atoms with E-state index in [1.54, 1.807) is 12.1 Å². The van der Waals surface area contributed by atoms with Crippen LogP contribution >= 0.6 is 0 Å². The van der Waals surface area contributed by atoms with E-state index in [0.717, 1.165) is 82.1 Å². The van der Waals surface area contributed by atoms with E-state index in [2.05, 4.69) is 41.3 Å². The molecule has 1 N–H and O–H groups in total. The zero-order valence-electron chi connectivity index (χ0n) is 30.6. The van der Waals surface area contributed by atoms with Gasteiger partial charge in [0.05, 0.1) is 19.1 Å². The molecular weight excluding hydrogens is 679 g/mol. The quantitative estimate of drug-likeness (QED) is 0.124. The second-order valence-electron chi connectivity index (χ2n) is 15.2. The molecule has 0 unspecified atom stereocenters. The summed E-state index contributed by atoms with van der Waals surface area (Å²) >= 11 is 0. The maximum Gasteiger partial charge on any atom is 0.309 e. The number of carbonyl (C=O) groups is 2. The molecule has 8 nitrogen and oxygen atoms in total. The van der Waals surface area contributed by atoms with Crippen LogP contribution in [0.15, 0.2) is 106 Å². The first-order valence-corrected chi connectivity index (χ1v) is 19.4. The molecule has 0 atom stereocenters. The highest BCUT2D eigenvalue weighted by Crippen LogP contribution is 2.33. The molecule has 3 aliphatic rings. The maximum absolute atomic E-state index is 10.9. The number of aliphatic carboxylic acids is 1. The molecule has 0 amide bonds. The number of rotatable bonds is 12. The molecule has 54 heavy (non-hydrogen) atoms. The fourth-order valence-electron chi connectivity index (χ4n) is 7.90. The summed E-state index contributed by atoms with van der Waals surface area (Å²) in [5.74, 6) is 3.95. The molecule has 1 saturated heterocycles. The van der Waals surface area contributed by atoms with Crippen LogP contribution in [0.4, 0.5) is 0 Å². The van der Waals surface area contributed by atoms with E-state index < -0.39 is 5.97 Å². The summed E-state index contributed by atoms with van der Waals surface area (Å²) in [5, 5.41) is 11.1. The van der Waals surface area contributed by atoms with E-state index in [9.17, 15) is 9.59 Å². The molecule has 278 valence electrons. The van der Waals surface area contributed by atoms with Crippen molar-refractivity contribution in [2.45, 2.75) is 57.9 Å². The summed E-state index contributed by atoms with van der Waals surface area (Å²) in [6, 6.07) is 31.8. The van der Waals surface area contributed by atoms with Crippen LogP contribution in [0, 0.1) is 17.8 Å². The van der Waals surface area contributed by atoms with Gasteiger partial charge in [0.25, 0.3) is 0 Å². The molecule has 0 spiro atoms. The van der Waals surface area contributed by atoms with Crippen molar-refractivity contribution in [3.63, 3.8) is 0 Å². The third kappa shape index (κ3) is 8.55. The molecule has 9 rings (SSSR count). The third-order valence-electron chi connectivity index (χ3n) is 11.2. The number of furan rings is 2. The minimum Gasteiger partial charge on any atom is -0.493 e. The molecule has 4 aromatic carbocycles. The van der Waals surface area contributed by atoms with Gasteiger partial charge in [0, 0.05) is 47.1 Å². The molecule has 3 fully saturated rings. The minimum absolute atomic E-state index is 0.216. The van der Waals surface area contributed by atoms with Gasteiger partial charge in [-0.05, 0) is 91.6 Å². The number of carboxylic acid groups (broad SMARTS) is 1. The van der Waals surface area contributed by atoms with Gasteiger partial charge < -0.3 is 23.4 Å². The first-order chi connectivity index (χ1) is 26.5. The average molecular weight is 726 g/mol. The maximum atomic E-state index is 10.9. The number of likely N-dealkylation sites (tertiary alicyclic amines) is 1. The Kier molecular flexibility index (Phi) is 10.8. The Labute approximate surface area is 315 Å². The van der Waals surface area contributed by atoms with Crippen LogP contribution in [0.2, 0.25) is 0 Å². The lowest BCUT2D eigenvalue weighted by Crippen LogP contribution is -2.49. The molecule has 0 radical (unpaired) electrons. The molecule has 0 bridgehead atoms. The number of hydrogen-bond acceptors (Lipinski definition) is 7. The number of hydrogen-bond donors (Lipinski definition) is 1. The van der Waals surface area contributed by atoms with E-state index in [-0.39, 0.29) is 5.92 Å². The number of aldehydes is 1. The molecule has 2 aliphatic carbocycles. The van der Waals surface area contributed by atoms with Crippen LogP contribution in [0.1, 0.15) is 67.3 Å². The standard InChI is InChI=1S/C25H27NO4.C21H20O3/c27-25(28)21-14-26(15-21)13-17-5-7-19(8-6-17)24-12-20-11-22(9-10-23(20)30-24)29-16-18-3-1-2-4-18;22-13-15-5-7-17(8-6-15)21-12-18-11-19(9-10-20(18)24-21)23-14-16-3-1-2-4-16/h5-12,18,21H,1-4,13-16H2,(H,27,28);5-13,16H,1-4,14H2. The van der Waals surface area contributed by atoms with Gasteiger partial charge in [-0.2, -0.15) is 0 Å². The molecule has 8 heteroatoms. The Bertz CT molecular complexity index is 2180. The highest BCUT2D eigenvalue weighted by Gasteiger charge is 2.32. The smallest absolute Gasteiger partial charge is 0.309 e. The highest BCUT2D eigenvalue weighted by molar-refractivity contribution is 5.85. The fourth-order valence-corrected chi connectivity index (χ4v) is 7.90. The van der Waals surface area contributed by atoms with Crippen molar-refractivity contribution in [1.82, 2.24) is 4.90 Å². The second-order valence-corrected chi connectivity index (χ2v) is 15.2. The van der Waals surface area contributed by atoms with Crippen LogP contribution in [0.3, 0.4) is 0 Å². The van der Waals surface area contributed by atoms with Crippen molar-refractivity contribution in [1.29, 1.82) is 0 Å². The Balaban J connectivity index is 0.000000157. The van der Waals surface area contributed by atoms with Gasteiger partial charge in [-0.1, -0.05) is 74.2 Å². The SMILES string of the molecule is O=C(O)C1CN(Cc2ccc(-c3cc4cc(OCC5CCCC5)ccc4o3)cc2)C1.O=Cc1ccc(-c2cc3cc(OCC4CCCC4)ccc3o2)cc1. The zero-order valence-corrected chi connectivity index (χ0v) is 30.6. The first kappa shape index (κ1) is 35.7. The van der Waals surface area contributed by atoms with Crippen LogP contribution in [0.5, 0.6) is 11.5 Å². The van der Waals surface area contributed by atoms with Gasteiger partial charge in [-0.15, -0.1) is 0 Å². The van der Waals surface area contributed by atoms with Crippen molar-refractivity contribution < 1.29 is 33.0 Å². The van der Waals surface area contributed by atoms with Crippen molar-refractivity contribution in [2.24, 2.45) is 17.8 Å². The number of benzene rings is 4. The Hall–Kier alpha value is -5.34. The summed E-state index contributed by atoms with van der Waals surface area (Å²) in [6.07, 6.45) is 11.3. The topological polar surface area (TPSA) is 102 Å². The van der Waals surface area contributed by atoms with E-state index >= 15 is 0 Å². The van der Waals surface area contributed by atoms with Crippen LogP contribution in [0.25, 0.3) is 44.6 Å². The lowest BCUT2D eigenvalue weighted by atomic mass is 9.99. The molecule has 2 aromatic heterocycles. The van der Waals surface area contributed by atoms with Gasteiger partial charge >= 0.3 is 5.97 Å². The van der Waals surface area contributed by atoms with Crippen molar-refractivity contribution in [2.75, 3.05) is 26.3 Å². The molecule has 3 heterocycles. The van der Waals surface area contributed by atoms with E-state index in [1.807, 2.05) is 48.5 Å². The summed E-state index contributed by atoms with van der Waals surface area (Å²) < 4.78 is 23.9. The summed E-state index contributed by atoms with van der Waals surface area (Å²) in [4.78, 5) is 23.8. The van der Waals surface area contributed by atoms with Gasteiger partial charge in [0.15, 0.2) is 0 Å². The fraction of sp³-hybridized carbons (Fsp3) is 0.348. The average Bonchev–Trinajstić information content (AvgIpc) is 4.02. The molecule has 2 saturated carbocycles. The van der Waals surface area contributed by atoms with E-state index in [4.69, 9.17) is 23.4 Å². The van der Waals surface area contributed by atoms with Gasteiger partial charge in [-0.25, -0.2) is 0 Å². The summed E-state index contributed by atoms with van der Waals surface area (Å²) in [5.41, 5.74) is 5.56. The predicted molar refractivity (Wildman–Crippen MR) is 210 cm³/mol. The zero-order chi connectivity index (χ0) is 36.9. The number of nitrogens with zero attached hydrogens (tertiary/aromatic N) is 1. The van der Waals surface area contributed by atoms with Crippen LogP contribution < -0.4 is 9.47 Å².